The maximum absolute atomic E-state index is 11.9. The van der Waals surface area contributed by atoms with Gasteiger partial charge in [0.05, 0.1) is 11.3 Å². The van der Waals surface area contributed by atoms with Crippen molar-refractivity contribution in [3.05, 3.63) is 63.1 Å². The molecule has 1 amide bonds. The molecule has 23 heavy (non-hydrogen) atoms. The molecule has 0 fully saturated rings. The maximum atomic E-state index is 11.9. The van der Waals surface area contributed by atoms with E-state index in [2.05, 4.69) is 21.2 Å². The van der Waals surface area contributed by atoms with Crippen molar-refractivity contribution < 1.29 is 14.3 Å². The largest absolute Gasteiger partial charge is 0.452 e. The molecule has 0 spiro atoms. The van der Waals surface area contributed by atoms with Gasteiger partial charge in [-0.15, -0.1) is 0 Å². The lowest BCUT2D eigenvalue weighted by Crippen LogP contribution is -2.21. The SMILES string of the molecule is Cc1ccc(C(=O)OCC(=O)Nc2cc(C)c(C)cc2Br)cc1. The summed E-state index contributed by atoms with van der Waals surface area (Å²) in [4.78, 5) is 23.8. The number of halogens is 1. The average Bonchev–Trinajstić information content (AvgIpc) is 2.51. The standard InChI is InChI=1S/C18H18BrNO3/c1-11-4-6-14(7-5-11)18(22)23-10-17(21)20-16-9-13(3)12(2)8-15(16)19/h4-9H,10H2,1-3H3,(H,20,21). The van der Waals surface area contributed by atoms with Crippen molar-refractivity contribution in [3.63, 3.8) is 0 Å². The van der Waals surface area contributed by atoms with Crippen LogP contribution in [0.4, 0.5) is 5.69 Å². The molecule has 0 bridgehead atoms. The quantitative estimate of drug-likeness (QED) is 0.815. The monoisotopic (exact) mass is 375 g/mol. The van der Waals surface area contributed by atoms with Crippen molar-refractivity contribution in [1.29, 1.82) is 0 Å². The van der Waals surface area contributed by atoms with Gasteiger partial charge in [0.2, 0.25) is 0 Å². The van der Waals surface area contributed by atoms with Crippen molar-refractivity contribution in [2.24, 2.45) is 0 Å². The summed E-state index contributed by atoms with van der Waals surface area (Å²) in [6.45, 7) is 5.57. The molecule has 0 radical (unpaired) electrons. The van der Waals surface area contributed by atoms with Gasteiger partial charge in [-0.2, -0.15) is 0 Å². The van der Waals surface area contributed by atoms with Gasteiger partial charge < -0.3 is 10.1 Å². The molecule has 0 unspecified atom stereocenters. The highest BCUT2D eigenvalue weighted by Crippen LogP contribution is 2.26. The molecule has 0 aliphatic carbocycles. The van der Waals surface area contributed by atoms with Crippen LogP contribution in [0, 0.1) is 20.8 Å². The van der Waals surface area contributed by atoms with E-state index in [1.165, 1.54) is 0 Å². The molecule has 0 heterocycles. The molecule has 2 rings (SSSR count). The third kappa shape index (κ3) is 4.66. The molecule has 2 aromatic rings. The van der Waals surface area contributed by atoms with E-state index in [1.807, 2.05) is 45.0 Å². The molecule has 0 saturated carbocycles. The first-order valence-electron chi connectivity index (χ1n) is 7.17. The van der Waals surface area contributed by atoms with Crippen LogP contribution in [-0.4, -0.2) is 18.5 Å². The lowest BCUT2D eigenvalue weighted by atomic mass is 10.1. The van der Waals surface area contributed by atoms with Gasteiger partial charge in [0.25, 0.3) is 5.91 Å². The van der Waals surface area contributed by atoms with Crippen molar-refractivity contribution in [2.45, 2.75) is 20.8 Å². The average molecular weight is 376 g/mol. The van der Waals surface area contributed by atoms with E-state index in [9.17, 15) is 9.59 Å². The number of hydrogen-bond acceptors (Lipinski definition) is 3. The van der Waals surface area contributed by atoms with Crippen molar-refractivity contribution >= 4 is 33.5 Å². The summed E-state index contributed by atoms with van der Waals surface area (Å²) in [5.41, 5.74) is 4.33. The van der Waals surface area contributed by atoms with Gasteiger partial charge in [0, 0.05) is 4.47 Å². The molecule has 120 valence electrons. The number of esters is 1. The fourth-order valence-electron chi connectivity index (χ4n) is 1.97. The number of carbonyl (C=O) groups is 2. The van der Waals surface area contributed by atoms with Crippen LogP contribution >= 0.6 is 15.9 Å². The zero-order chi connectivity index (χ0) is 17.0. The third-order valence-electron chi connectivity index (χ3n) is 3.48. The molecule has 2 aromatic carbocycles. The molecule has 5 heteroatoms. The minimum Gasteiger partial charge on any atom is -0.452 e. The smallest absolute Gasteiger partial charge is 0.338 e. The third-order valence-corrected chi connectivity index (χ3v) is 4.14. The zero-order valence-corrected chi connectivity index (χ0v) is 14.9. The van der Waals surface area contributed by atoms with Crippen molar-refractivity contribution in [3.8, 4) is 0 Å². The van der Waals surface area contributed by atoms with Crippen LogP contribution in [0.3, 0.4) is 0 Å². The second-order valence-electron chi connectivity index (χ2n) is 5.41. The number of ether oxygens (including phenoxy) is 1. The van der Waals surface area contributed by atoms with Gasteiger partial charge in [-0.25, -0.2) is 4.79 Å². The molecule has 0 aliphatic rings. The fourth-order valence-corrected chi connectivity index (χ4v) is 2.52. The number of amides is 1. The summed E-state index contributed by atoms with van der Waals surface area (Å²) in [5, 5.41) is 2.73. The first-order valence-corrected chi connectivity index (χ1v) is 7.96. The van der Waals surface area contributed by atoms with Gasteiger partial charge >= 0.3 is 5.97 Å². The number of carbonyl (C=O) groups excluding carboxylic acids is 2. The Kier molecular flexibility index (Phi) is 5.55. The van der Waals surface area contributed by atoms with E-state index < -0.39 is 5.97 Å². The summed E-state index contributed by atoms with van der Waals surface area (Å²) in [6, 6.07) is 10.8. The fraction of sp³-hybridized carbons (Fsp3) is 0.222. The Bertz CT molecular complexity index is 739. The van der Waals surface area contributed by atoms with Crippen molar-refractivity contribution in [2.75, 3.05) is 11.9 Å². The molecule has 0 saturated heterocycles. The molecule has 0 atom stereocenters. The maximum Gasteiger partial charge on any atom is 0.338 e. The molecule has 1 N–H and O–H groups in total. The van der Waals surface area contributed by atoms with Gasteiger partial charge in [-0.3, -0.25) is 4.79 Å². The van der Waals surface area contributed by atoms with Crippen molar-refractivity contribution in [1.82, 2.24) is 0 Å². The highest BCUT2D eigenvalue weighted by molar-refractivity contribution is 9.10. The van der Waals surface area contributed by atoms with E-state index in [0.29, 0.717) is 11.3 Å². The Balaban J connectivity index is 1.94. The zero-order valence-electron chi connectivity index (χ0n) is 13.3. The lowest BCUT2D eigenvalue weighted by molar-refractivity contribution is -0.119. The number of rotatable bonds is 4. The summed E-state index contributed by atoms with van der Waals surface area (Å²) < 4.78 is 5.82. The first-order chi connectivity index (χ1) is 10.9. The topological polar surface area (TPSA) is 55.4 Å². The van der Waals surface area contributed by atoms with Crippen LogP contribution in [0.1, 0.15) is 27.0 Å². The Morgan fingerprint density at radius 2 is 1.65 bits per heavy atom. The molecular formula is C18H18BrNO3. The Hall–Kier alpha value is -2.14. The molecule has 4 nitrogen and oxygen atoms in total. The number of anilines is 1. The summed E-state index contributed by atoms with van der Waals surface area (Å²) in [5.74, 6) is -0.895. The molecule has 0 aromatic heterocycles. The Morgan fingerprint density at radius 1 is 1.04 bits per heavy atom. The van der Waals surface area contributed by atoms with Gasteiger partial charge in [-0.05, 0) is 72.1 Å². The lowest BCUT2D eigenvalue weighted by Gasteiger charge is -2.11. The minimum atomic E-state index is -0.515. The summed E-state index contributed by atoms with van der Waals surface area (Å²) in [6.07, 6.45) is 0. The van der Waals surface area contributed by atoms with Crippen LogP contribution in [0.25, 0.3) is 0 Å². The van der Waals surface area contributed by atoms with Gasteiger partial charge in [-0.1, -0.05) is 17.7 Å². The highest BCUT2D eigenvalue weighted by atomic mass is 79.9. The number of nitrogens with one attached hydrogen (secondary N) is 1. The van der Waals surface area contributed by atoms with E-state index in [0.717, 1.165) is 21.2 Å². The highest BCUT2D eigenvalue weighted by Gasteiger charge is 2.12. The predicted octanol–water partition coefficient (Wildman–Crippen LogP) is 4.17. The van der Waals surface area contributed by atoms with Crippen LogP contribution < -0.4 is 5.32 Å². The number of benzene rings is 2. The minimum absolute atomic E-state index is 0.327. The Labute approximate surface area is 144 Å². The van der Waals surface area contributed by atoms with Gasteiger partial charge in [0.1, 0.15) is 0 Å². The molecule has 0 aliphatic heterocycles. The first kappa shape index (κ1) is 17.2. The molecular weight excluding hydrogens is 358 g/mol. The van der Waals surface area contributed by atoms with Gasteiger partial charge in [0.15, 0.2) is 6.61 Å². The Morgan fingerprint density at radius 3 is 2.30 bits per heavy atom. The summed E-state index contributed by atoms with van der Waals surface area (Å²) in [7, 11) is 0. The van der Waals surface area contributed by atoms with Crippen LogP contribution in [0.5, 0.6) is 0 Å². The second kappa shape index (κ2) is 7.42. The predicted molar refractivity (Wildman–Crippen MR) is 93.7 cm³/mol. The van der Waals surface area contributed by atoms with E-state index in [4.69, 9.17) is 4.74 Å². The van der Waals surface area contributed by atoms with E-state index in [1.54, 1.807) is 12.1 Å². The van der Waals surface area contributed by atoms with E-state index >= 15 is 0 Å². The number of hydrogen-bond donors (Lipinski definition) is 1. The number of aryl methyl sites for hydroxylation is 3. The van der Waals surface area contributed by atoms with Crippen LogP contribution in [0.2, 0.25) is 0 Å². The van der Waals surface area contributed by atoms with Crippen LogP contribution in [0.15, 0.2) is 40.9 Å². The summed E-state index contributed by atoms with van der Waals surface area (Å²) >= 11 is 3.41. The second-order valence-corrected chi connectivity index (χ2v) is 6.26. The normalized spacial score (nSPS) is 10.3. The van der Waals surface area contributed by atoms with E-state index in [-0.39, 0.29) is 12.5 Å². The van der Waals surface area contributed by atoms with Crippen LogP contribution in [-0.2, 0) is 9.53 Å².